The Kier molecular flexibility index (Phi) is 6.02. The van der Waals surface area contributed by atoms with Crippen molar-refractivity contribution in [1.29, 1.82) is 0 Å². The normalized spacial score (nSPS) is 24.7. The minimum Gasteiger partial charge on any atom is -0.369 e. The van der Waals surface area contributed by atoms with Crippen LogP contribution in [0.1, 0.15) is 57.1 Å². The molecule has 3 aliphatic heterocycles. The highest BCUT2D eigenvalue weighted by atomic mass is 16.2. The van der Waals surface area contributed by atoms with Gasteiger partial charge in [-0.3, -0.25) is 9.69 Å². The van der Waals surface area contributed by atoms with E-state index in [-0.39, 0.29) is 5.91 Å². The molecule has 36 heavy (non-hydrogen) atoms. The average Bonchev–Trinajstić information content (AvgIpc) is 3.59. The number of hydrogen-bond acceptors (Lipinski definition) is 7. The maximum Gasteiger partial charge on any atom is 0.246 e. The molecule has 6 rings (SSSR count). The van der Waals surface area contributed by atoms with Gasteiger partial charge < -0.3 is 20.4 Å². The van der Waals surface area contributed by atoms with E-state index in [4.69, 9.17) is 4.98 Å². The molecule has 0 bridgehead atoms. The molecule has 1 unspecified atom stereocenters. The second-order valence-corrected chi connectivity index (χ2v) is 11.3. The summed E-state index contributed by atoms with van der Waals surface area (Å²) < 4.78 is 0. The summed E-state index contributed by atoms with van der Waals surface area (Å²) in [5, 5.41) is 6.54. The van der Waals surface area contributed by atoms with Crippen molar-refractivity contribution >= 4 is 29.0 Å². The first-order valence-electron chi connectivity index (χ1n) is 13.7. The van der Waals surface area contributed by atoms with Gasteiger partial charge in [-0.2, -0.15) is 4.98 Å². The van der Waals surface area contributed by atoms with Gasteiger partial charge in [0.15, 0.2) is 0 Å². The Morgan fingerprint density at radius 2 is 1.92 bits per heavy atom. The zero-order valence-electron chi connectivity index (χ0n) is 21.9. The standard InChI is InChI=1S/C28H39N7O/c1-19(2)33-12-14-34(15-13-33)24-9-8-22(16-20(24)3)31-27-30-18-21-17-28(10-11-29-26(28)36)35(25(21)32-27)23-6-4-5-7-23/h8-9,16,18-19,23H,4-7,10-15,17H2,1-3H3,(H,29,36)(H,30,31,32). The summed E-state index contributed by atoms with van der Waals surface area (Å²) in [6, 6.07) is 7.54. The zero-order valence-corrected chi connectivity index (χ0v) is 21.9. The third-order valence-electron chi connectivity index (χ3n) is 8.79. The van der Waals surface area contributed by atoms with Gasteiger partial charge in [0, 0.05) is 74.4 Å². The number of nitrogens with zero attached hydrogens (tertiary/aromatic N) is 5. The maximum atomic E-state index is 13.0. The molecule has 1 amide bonds. The number of hydrogen-bond donors (Lipinski definition) is 2. The van der Waals surface area contributed by atoms with E-state index < -0.39 is 5.54 Å². The highest BCUT2D eigenvalue weighted by molar-refractivity contribution is 5.94. The van der Waals surface area contributed by atoms with E-state index in [0.29, 0.717) is 24.5 Å². The monoisotopic (exact) mass is 489 g/mol. The number of amides is 1. The largest absolute Gasteiger partial charge is 0.369 e. The van der Waals surface area contributed by atoms with Crippen LogP contribution in [0.25, 0.3) is 0 Å². The van der Waals surface area contributed by atoms with E-state index in [1.165, 1.54) is 24.1 Å². The van der Waals surface area contributed by atoms with Gasteiger partial charge in [0.05, 0.1) is 0 Å². The van der Waals surface area contributed by atoms with Crippen LogP contribution in [0.2, 0.25) is 0 Å². The van der Waals surface area contributed by atoms with Crippen LogP contribution < -0.4 is 20.4 Å². The number of aryl methyl sites for hydroxylation is 1. The van der Waals surface area contributed by atoms with Crippen molar-refractivity contribution in [3.63, 3.8) is 0 Å². The van der Waals surface area contributed by atoms with E-state index in [9.17, 15) is 4.79 Å². The van der Waals surface area contributed by atoms with Crippen LogP contribution >= 0.6 is 0 Å². The number of fused-ring (bicyclic) bond motifs is 1. The molecule has 1 aromatic carbocycles. The Bertz CT molecular complexity index is 1140. The number of piperazine rings is 1. The molecule has 8 heteroatoms. The summed E-state index contributed by atoms with van der Waals surface area (Å²) in [5.74, 6) is 1.71. The fourth-order valence-electron chi connectivity index (χ4n) is 6.83. The average molecular weight is 490 g/mol. The van der Waals surface area contributed by atoms with E-state index in [0.717, 1.165) is 69.1 Å². The van der Waals surface area contributed by atoms with Crippen molar-refractivity contribution in [3.8, 4) is 0 Å². The first-order valence-corrected chi connectivity index (χ1v) is 13.7. The van der Waals surface area contributed by atoms with Crippen molar-refractivity contribution in [2.45, 2.75) is 76.9 Å². The number of anilines is 4. The minimum atomic E-state index is -0.484. The second kappa shape index (κ2) is 9.21. The first kappa shape index (κ1) is 23.5. The number of rotatable bonds is 5. The molecule has 1 aromatic heterocycles. The Morgan fingerprint density at radius 1 is 1.14 bits per heavy atom. The van der Waals surface area contributed by atoms with E-state index in [2.05, 4.69) is 69.3 Å². The molecule has 1 atom stereocenters. The molecule has 1 aliphatic carbocycles. The summed E-state index contributed by atoms with van der Waals surface area (Å²) in [6.07, 6.45) is 8.20. The third-order valence-corrected chi connectivity index (χ3v) is 8.79. The van der Waals surface area contributed by atoms with Crippen LogP contribution in [-0.2, 0) is 11.2 Å². The lowest BCUT2D eigenvalue weighted by Crippen LogP contribution is -2.56. The molecule has 3 fully saturated rings. The van der Waals surface area contributed by atoms with Crippen LogP contribution in [0.4, 0.5) is 23.1 Å². The number of benzene rings is 1. The summed E-state index contributed by atoms with van der Waals surface area (Å²) in [6.45, 7) is 11.8. The maximum absolute atomic E-state index is 13.0. The zero-order chi connectivity index (χ0) is 24.9. The number of carbonyl (C=O) groups is 1. The van der Waals surface area contributed by atoms with Gasteiger partial charge >= 0.3 is 0 Å². The molecule has 1 saturated carbocycles. The Balaban J connectivity index is 1.22. The van der Waals surface area contributed by atoms with Crippen LogP contribution in [-0.4, -0.2) is 71.1 Å². The van der Waals surface area contributed by atoms with Crippen molar-refractivity contribution in [1.82, 2.24) is 20.2 Å². The molecular formula is C28H39N7O. The summed E-state index contributed by atoms with van der Waals surface area (Å²) in [4.78, 5) is 30.1. The van der Waals surface area contributed by atoms with Gasteiger partial charge in [0.25, 0.3) is 0 Å². The van der Waals surface area contributed by atoms with Gasteiger partial charge in [-0.15, -0.1) is 0 Å². The molecule has 4 heterocycles. The van der Waals surface area contributed by atoms with Crippen molar-refractivity contribution in [2.75, 3.05) is 47.8 Å². The smallest absolute Gasteiger partial charge is 0.246 e. The Hall–Kier alpha value is -2.87. The topological polar surface area (TPSA) is 76.6 Å². The first-order chi connectivity index (χ1) is 17.4. The molecule has 2 saturated heterocycles. The molecule has 4 aliphatic rings. The lowest BCUT2D eigenvalue weighted by Gasteiger charge is -2.38. The second-order valence-electron chi connectivity index (χ2n) is 11.3. The van der Waals surface area contributed by atoms with Crippen molar-refractivity contribution in [3.05, 3.63) is 35.5 Å². The number of aromatic nitrogens is 2. The minimum absolute atomic E-state index is 0.155. The van der Waals surface area contributed by atoms with Crippen LogP contribution in [0.15, 0.2) is 24.4 Å². The van der Waals surface area contributed by atoms with Gasteiger partial charge in [-0.1, -0.05) is 12.8 Å². The predicted molar refractivity (Wildman–Crippen MR) is 144 cm³/mol. The van der Waals surface area contributed by atoms with Crippen molar-refractivity contribution in [2.24, 2.45) is 0 Å². The third kappa shape index (κ3) is 3.99. The van der Waals surface area contributed by atoms with E-state index in [1.807, 2.05) is 6.20 Å². The lowest BCUT2D eigenvalue weighted by atomic mass is 9.91. The summed E-state index contributed by atoms with van der Waals surface area (Å²) in [5.41, 5.74) is 4.17. The fraction of sp³-hybridized carbons (Fsp3) is 0.607. The lowest BCUT2D eigenvalue weighted by molar-refractivity contribution is -0.123. The van der Waals surface area contributed by atoms with Crippen LogP contribution in [0.5, 0.6) is 0 Å². The summed E-state index contributed by atoms with van der Waals surface area (Å²) >= 11 is 0. The molecule has 0 radical (unpaired) electrons. The molecule has 2 N–H and O–H groups in total. The quantitative estimate of drug-likeness (QED) is 0.664. The SMILES string of the molecule is Cc1cc(Nc2ncc3c(n2)N(C2CCCC2)C2(CCNC2=O)C3)ccc1N1CCN(C(C)C)CC1. The van der Waals surface area contributed by atoms with Gasteiger partial charge in [-0.25, -0.2) is 4.98 Å². The molecule has 2 aromatic rings. The van der Waals surface area contributed by atoms with Crippen molar-refractivity contribution < 1.29 is 4.79 Å². The predicted octanol–water partition coefficient (Wildman–Crippen LogP) is 3.62. The van der Waals surface area contributed by atoms with Crippen LogP contribution in [0, 0.1) is 6.92 Å². The van der Waals surface area contributed by atoms with Gasteiger partial charge in [0.1, 0.15) is 11.4 Å². The van der Waals surface area contributed by atoms with Gasteiger partial charge in [-0.05, 0) is 63.8 Å². The van der Waals surface area contributed by atoms with E-state index >= 15 is 0 Å². The van der Waals surface area contributed by atoms with Gasteiger partial charge in [0.2, 0.25) is 11.9 Å². The fourth-order valence-corrected chi connectivity index (χ4v) is 6.83. The Morgan fingerprint density at radius 3 is 2.58 bits per heavy atom. The molecule has 192 valence electrons. The number of carbonyl (C=O) groups excluding carboxylic acids is 1. The summed E-state index contributed by atoms with van der Waals surface area (Å²) in [7, 11) is 0. The Labute approximate surface area is 214 Å². The van der Waals surface area contributed by atoms with Crippen LogP contribution in [0.3, 0.4) is 0 Å². The molecule has 1 spiro atoms. The molecular weight excluding hydrogens is 450 g/mol. The highest BCUT2D eigenvalue weighted by Crippen LogP contribution is 2.46. The number of nitrogens with one attached hydrogen (secondary N) is 2. The highest BCUT2D eigenvalue weighted by Gasteiger charge is 2.55. The molecule has 8 nitrogen and oxygen atoms in total. The van der Waals surface area contributed by atoms with E-state index in [1.54, 1.807) is 0 Å².